The number of hydrogen-bond acceptors (Lipinski definition) is 2. The number of rotatable bonds is 2. The van der Waals surface area contributed by atoms with Crippen molar-refractivity contribution < 1.29 is 4.39 Å². The normalized spacial score (nSPS) is 26.5. The lowest BCUT2D eigenvalue weighted by Gasteiger charge is -2.30. The van der Waals surface area contributed by atoms with Crippen LogP contribution in [0.1, 0.15) is 24.9 Å². The molecule has 1 nitrogen and oxygen atoms in total. The topological polar surface area (TPSA) is 12.0 Å². The van der Waals surface area contributed by atoms with Crippen molar-refractivity contribution in [3.63, 3.8) is 0 Å². The lowest BCUT2D eigenvalue weighted by atomic mass is 10.1. The van der Waals surface area contributed by atoms with E-state index in [0.29, 0.717) is 12.1 Å². The van der Waals surface area contributed by atoms with Gasteiger partial charge < -0.3 is 5.32 Å². The zero-order valence-electron chi connectivity index (χ0n) is 8.87. The maximum Gasteiger partial charge on any atom is 0.123 e. The van der Waals surface area contributed by atoms with Gasteiger partial charge in [-0.05, 0) is 24.1 Å². The molecule has 0 spiro atoms. The molecule has 1 aliphatic rings. The van der Waals surface area contributed by atoms with Crippen molar-refractivity contribution in [2.24, 2.45) is 0 Å². The highest BCUT2D eigenvalue weighted by molar-refractivity contribution is 7.99. The Morgan fingerprint density at radius 1 is 1.33 bits per heavy atom. The molecule has 3 heteroatoms. The van der Waals surface area contributed by atoms with Crippen LogP contribution in [0.3, 0.4) is 0 Å². The van der Waals surface area contributed by atoms with E-state index in [1.165, 1.54) is 23.4 Å². The van der Waals surface area contributed by atoms with Gasteiger partial charge in [0.25, 0.3) is 0 Å². The summed E-state index contributed by atoms with van der Waals surface area (Å²) in [6.07, 6.45) is 1.16. The summed E-state index contributed by atoms with van der Waals surface area (Å²) in [6.45, 7) is 2.20. The van der Waals surface area contributed by atoms with Gasteiger partial charge in [0.05, 0.1) is 0 Å². The molecule has 82 valence electrons. The van der Waals surface area contributed by atoms with Gasteiger partial charge >= 0.3 is 0 Å². The Labute approximate surface area is 94.5 Å². The van der Waals surface area contributed by atoms with Crippen molar-refractivity contribution >= 4 is 11.8 Å². The minimum absolute atomic E-state index is 0.158. The van der Waals surface area contributed by atoms with E-state index in [1.54, 1.807) is 0 Å². The fourth-order valence-electron chi connectivity index (χ4n) is 1.83. The summed E-state index contributed by atoms with van der Waals surface area (Å²) in [6, 6.07) is 7.82. The Morgan fingerprint density at radius 3 is 2.73 bits per heavy atom. The van der Waals surface area contributed by atoms with Crippen molar-refractivity contribution in [3.05, 3.63) is 35.6 Å². The van der Waals surface area contributed by atoms with Gasteiger partial charge in [0, 0.05) is 23.6 Å². The van der Waals surface area contributed by atoms with Gasteiger partial charge in [-0.15, -0.1) is 0 Å². The average molecular weight is 225 g/mol. The van der Waals surface area contributed by atoms with Crippen molar-refractivity contribution in [1.82, 2.24) is 5.32 Å². The molecular weight excluding hydrogens is 209 g/mol. The number of thioether (sulfide) groups is 1. The molecule has 1 aromatic carbocycles. The summed E-state index contributed by atoms with van der Waals surface area (Å²) in [5.41, 5.74) is 1.20. The molecule has 0 saturated carbocycles. The molecule has 0 radical (unpaired) electrons. The molecule has 1 N–H and O–H groups in total. The lowest BCUT2D eigenvalue weighted by Crippen LogP contribution is -2.39. The third-order valence-electron chi connectivity index (χ3n) is 2.81. The van der Waals surface area contributed by atoms with Crippen LogP contribution in [-0.4, -0.2) is 17.5 Å². The minimum Gasteiger partial charge on any atom is -0.306 e. The third kappa shape index (κ3) is 2.73. The van der Waals surface area contributed by atoms with E-state index in [9.17, 15) is 4.39 Å². The monoisotopic (exact) mass is 225 g/mol. The molecule has 1 saturated heterocycles. The first-order valence-electron chi connectivity index (χ1n) is 5.39. The number of hydrogen-bond donors (Lipinski definition) is 1. The van der Waals surface area contributed by atoms with E-state index >= 15 is 0 Å². The molecular formula is C12H16FNS. The van der Waals surface area contributed by atoms with Gasteiger partial charge in [-0.1, -0.05) is 19.1 Å². The van der Waals surface area contributed by atoms with Crippen molar-refractivity contribution in [2.75, 3.05) is 11.5 Å². The average Bonchev–Trinajstić information content (AvgIpc) is 2.30. The molecule has 1 aliphatic heterocycles. The predicted octanol–water partition coefficient (Wildman–Crippen LogP) is 2.98. The summed E-state index contributed by atoms with van der Waals surface area (Å²) in [7, 11) is 0. The van der Waals surface area contributed by atoms with Gasteiger partial charge in [0.15, 0.2) is 0 Å². The second kappa shape index (κ2) is 4.99. The van der Waals surface area contributed by atoms with Crippen LogP contribution in [0.2, 0.25) is 0 Å². The van der Waals surface area contributed by atoms with E-state index in [-0.39, 0.29) is 5.82 Å². The summed E-state index contributed by atoms with van der Waals surface area (Å²) in [5.74, 6) is 2.12. The van der Waals surface area contributed by atoms with Crippen LogP contribution < -0.4 is 5.32 Å². The molecule has 1 heterocycles. The van der Waals surface area contributed by atoms with E-state index in [1.807, 2.05) is 23.9 Å². The smallest absolute Gasteiger partial charge is 0.123 e. The standard InChI is InChI=1S/C12H16FNS/c1-2-11-7-15-8-12(14-11)9-3-5-10(13)6-4-9/h3-6,11-12,14H,2,7-8H2,1H3. The zero-order chi connectivity index (χ0) is 10.7. The van der Waals surface area contributed by atoms with E-state index in [0.717, 1.165) is 12.2 Å². The van der Waals surface area contributed by atoms with Crippen molar-refractivity contribution in [2.45, 2.75) is 25.4 Å². The maximum absolute atomic E-state index is 12.8. The van der Waals surface area contributed by atoms with Crippen LogP contribution in [0.25, 0.3) is 0 Å². The largest absolute Gasteiger partial charge is 0.306 e. The van der Waals surface area contributed by atoms with Crippen LogP contribution >= 0.6 is 11.8 Å². The van der Waals surface area contributed by atoms with Gasteiger partial charge in [-0.25, -0.2) is 4.39 Å². The second-order valence-electron chi connectivity index (χ2n) is 3.91. The second-order valence-corrected chi connectivity index (χ2v) is 4.99. The first-order chi connectivity index (χ1) is 7.29. The Bertz CT molecular complexity index is 312. The zero-order valence-corrected chi connectivity index (χ0v) is 9.69. The van der Waals surface area contributed by atoms with E-state index < -0.39 is 0 Å². The minimum atomic E-state index is -0.158. The summed E-state index contributed by atoms with van der Waals surface area (Å²) >= 11 is 1.98. The molecule has 0 bridgehead atoms. The van der Waals surface area contributed by atoms with Crippen molar-refractivity contribution in [3.8, 4) is 0 Å². The molecule has 0 aromatic heterocycles. The Morgan fingerprint density at radius 2 is 2.07 bits per heavy atom. The van der Waals surface area contributed by atoms with Gasteiger partial charge in [-0.3, -0.25) is 0 Å². The van der Waals surface area contributed by atoms with Crippen LogP contribution in [0.5, 0.6) is 0 Å². The molecule has 0 amide bonds. The Hall–Kier alpha value is -0.540. The summed E-state index contributed by atoms with van der Waals surface area (Å²) in [4.78, 5) is 0. The van der Waals surface area contributed by atoms with Gasteiger partial charge in [-0.2, -0.15) is 11.8 Å². The SMILES string of the molecule is CCC1CSCC(c2ccc(F)cc2)N1. The Kier molecular flexibility index (Phi) is 3.65. The molecule has 2 atom stereocenters. The van der Waals surface area contributed by atoms with E-state index in [2.05, 4.69) is 12.2 Å². The first-order valence-corrected chi connectivity index (χ1v) is 6.54. The van der Waals surface area contributed by atoms with Crippen molar-refractivity contribution in [1.29, 1.82) is 0 Å². The van der Waals surface area contributed by atoms with Crippen LogP contribution in [-0.2, 0) is 0 Å². The van der Waals surface area contributed by atoms with Crippen LogP contribution in [0.4, 0.5) is 4.39 Å². The Balaban J connectivity index is 2.06. The molecule has 15 heavy (non-hydrogen) atoms. The lowest BCUT2D eigenvalue weighted by molar-refractivity contribution is 0.465. The fraction of sp³-hybridized carbons (Fsp3) is 0.500. The molecule has 2 rings (SSSR count). The number of nitrogens with one attached hydrogen (secondary N) is 1. The van der Waals surface area contributed by atoms with E-state index in [4.69, 9.17) is 0 Å². The van der Waals surface area contributed by atoms with Gasteiger partial charge in [0.2, 0.25) is 0 Å². The molecule has 0 aliphatic carbocycles. The highest BCUT2D eigenvalue weighted by Crippen LogP contribution is 2.25. The first kappa shape index (κ1) is 11.0. The molecule has 1 aromatic rings. The van der Waals surface area contributed by atoms with Gasteiger partial charge in [0.1, 0.15) is 5.82 Å². The molecule has 2 unspecified atom stereocenters. The molecule has 1 fully saturated rings. The number of benzene rings is 1. The highest BCUT2D eigenvalue weighted by atomic mass is 32.2. The quantitative estimate of drug-likeness (QED) is 0.830. The predicted molar refractivity (Wildman–Crippen MR) is 63.7 cm³/mol. The fourth-order valence-corrected chi connectivity index (χ4v) is 3.11. The third-order valence-corrected chi connectivity index (χ3v) is 4.01. The summed E-state index contributed by atoms with van der Waals surface area (Å²) < 4.78 is 12.8. The van der Waals surface area contributed by atoms with Crippen LogP contribution in [0.15, 0.2) is 24.3 Å². The highest BCUT2D eigenvalue weighted by Gasteiger charge is 2.21. The maximum atomic E-state index is 12.8. The summed E-state index contributed by atoms with van der Waals surface area (Å²) in [5, 5.41) is 3.60. The van der Waals surface area contributed by atoms with Crippen LogP contribution in [0, 0.1) is 5.82 Å². The number of halogens is 1.